The third-order valence-corrected chi connectivity index (χ3v) is 6.83. The molecule has 1 amide bonds. The fraction of sp³-hybridized carbons (Fsp3) is 0.444. The number of benzene rings is 2. The van der Waals surface area contributed by atoms with Crippen LogP contribution in [0.15, 0.2) is 36.5 Å². The van der Waals surface area contributed by atoms with Crippen molar-refractivity contribution >= 4 is 22.6 Å². The van der Waals surface area contributed by atoms with E-state index in [1.807, 2.05) is 20.0 Å². The molecule has 10 heteroatoms. The Labute approximate surface area is 214 Å². The van der Waals surface area contributed by atoms with Gasteiger partial charge >= 0.3 is 0 Å². The number of fused-ring (bicyclic) bond motifs is 2. The first-order chi connectivity index (χ1) is 17.8. The third kappa shape index (κ3) is 5.30. The fourth-order valence-electron chi connectivity index (χ4n) is 4.81. The molecule has 3 aromatic rings. The van der Waals surface area contributed by atoms with E-state index in [9.17, 15) is 19.1 Å². The summed E-state index contributed by atoms with van der Waals surface area (Å²) in [5.74, 6) is -2.01. The summed E-state index contributed by atoms with van der Waals surface area (Å²) >= 11 is 0. The van der Waals surface area contributed by atoms with Crippen molar-refractivity contribution in [2.24, 2.45) is 0 Å². The van der Waals surface area contributed by atoms with Gasteiger partial charge < -0.3 is 24.8 Å². The number of aromatic nitrogens is 2. The lowest BCUT2D eigenvalue weighted by molar-refractivity contribution is -0.118. The topological polar surface area (TPSA) is 106 Å². The minimum atomic E-state index is -1.27. The maximum absolute atomic E-state index is 14.7. The number of rotatable bonds is 8. The van der Waals surface area contributed by atoms with E-state index in [0.29, 0.717) is 12.1 Å². The molecule has 2 aromatic carbocycles. The summed E-state index contributed by atoms with van der Waals surface area (Å²) in [6.45, 7) is 6.47. The van der Waals surface area contributed by atoms with Gasteiger partial charge in [0, 0.05) is 29.7 Å². The Balaban J connectivity index is 1.37. The molecule has 2 aliphatic rings. The van der Waals surface area contributed by atoms with Crippen LogP contribution in [0.1, 0.15) is 54.8 Å². The van der Waals surface area contributed by atoms with E-state index in [1.54, 1.807) is 22.9 Å². The van der Waals surface area contributed by atoms with Crippen molar-refractivity contribution < 1.29 is 28.6 Å². The zero-order valence-electron chi connectivity index (χ0n) is 20.9. The van der Waals surface area contributed by atoms with Gasteiger partial charge in [0.2, 0.25) is 5.78 Å². The van der Waals surface area contributed by atoms with Crippen LogP contribution < -0.4 is 14.8 Å². The second-order valence-corrected chi connectivity index (χ2v) is 9.86. The molecule has 196 valence electrons. The van der Waals surface area contributed by atoms with E-state index in [1.165, 1.54) is 12.1 Å². The average molecular weight is 511 g/mol. The SMILES string of the molecule is CC(C)n1cc2ccc(C(=O)C(=O)N[C@H](CN3CCCC3)[C@@H](O)c3cc(F)c4c(c3)OCCO4)cc2n1. The summed E-state index contributed by atoms with van der Waals surface area (Å²) in [6, 6.07) is 6.97. The van der Waals surface area contributed by atoms with Crippen molar-refractivity contribution in [3.8, 4) is 11.5 Å². The van der Waals surface area contributed by atoms with E-state index in [2.05, 4.69) is 15.3 Å². The summed E-state index contributed by atoms with van der Waals surface area (Å²) in [4.78, 5) is 28.3. The molecule has 0 spiro atoms. The molecule has 0 unspecified atom stereocenters. The van der Waals surface area contributed by atoms with Crippen LogP contribution in [0.5, 0.6) is 11.5 Å². The van der Waals surface area contributed by atoms with E-state index < -0.39 is 29.7 Å². The lowest BCUT2D eigenvalue weighted by Gasteiger charge is -2.29. The Kier molecular flexibility index (Phi) is 7.12. The van der Waals surface area contributed by atoms with Crippen LogP contribution in [0.2, 0.25) is 0 Å². The molecule has 1 saturated heterocycles. The smallest absolute Gasteiger partial charge is 0.292 e. The number of halogens is 1. The zero-order chi connectivity index (χ0) is 26.1. The van der Waals surface area contributed by atoms with Gasteiger partial charge in [-0.25, -0.2) is 4.39 Å². The van der Waals surface area contributed by atoms with Crippen LogP contribution in [-0.4, -0.2) is 70.4 Å². The van der Waals surface area contributed by atoms with E-state index in [0.717, 1.165) is 31.3 Å². The third-order valence-electron chi connectivity index (χ3n) is 6.83. The standard InChI is InChI=1S/C27H31FN4O5/c1-16(2)32-14-18-6-5-17(12-21(18)30-32)25(34)27(35)29-22(15-31-7-3-4-8-31)24(33)19-11-20(28)26-23(13-19)36-9-10-37-26/h5-6,11-14,16,22,24,33H,3-4,7-10,15H2,1-2H3,(H,29,35)/t22-,24+/m1/s1. The number of carbonyl (C=O) groups is 2. The minimum absolute atomic E-state index is 0.00723. The summed E-state index contributed by atoms with van der Waals surface area (Å²) < 4.78 is 27.3. The molecule has 0 bridgehead atoms. The van der Waals surface area contributed by atoms with E-state index in [4.69, 9.17) is 9.47 Å². The molecule has 5 rings (SSSR count). The number of ether oxygens (including phenoxy) is 2. The van der Waals surface area contributed by atoms with Crippen molar-refractivity contribution in [1.82, 2.24) is 20.0 Å². The quantitative estimate of drug-likeness (QED) is 0.355. The molecule has 0 radical (unpaired) electrons. The van der Waals surface area contributed by atoms with Crippen molar-refractivity contribution in [2.45, 2.75) is 44.9 Å². The van der Waals surface area contributed by atoms with Crippen LogP contribution in [0, 0.1) is 5.82 Å². The van der Waals surface area contributed by atoms with E-state index >= 15 is 0 Å². The van der Waals surface area contributed by atoms with Gasteiger partial charge in [-0.15, -0.1) is 0 Å². The summed E-state index contributed by atoms with van der Waals surface area (Å²) in [5.41, 5.74) is 1.06. The van der Waals surface area contributed by atoms with Gasteiger partial charge in [0.15, 0.2) is 17.3 Å². The first kappa shape index (κ1) is 25.2. The molecule has 9 nitrogen and oxygen atoms in total. The monoisotopic (exact) mass is 510 g/mol. The van der Waals surface area contributed by atoms with Crippen LogP contribution in [0.4, 0.5) is 4.39 Å². The van der Waals surface area contributed by atoms with Crippen LogP contribution >= 0.6 is 0 Å². The lowest BCUT2D eigenvalue weighted by atomic mass is 9.99. The number of nitrogens with one attached hydrogen (secondary N) is 1. The van der Waals surface area contributed by atoms with Gasteiger partial charge in [-0.3, -0.25) is 14.3 Å². The molecule has 3 heterocycles. The first-order valence-electron chi connectivity index (χ1n) is 12.6. The number of Topliss-reactive ketones (excluding diaryl/α,β-unsaturated/α-hetero) is 1. The predicted octanol–water partition coefficient (Wildman–Crippen LogP) is 3.02. The van der Waals surface area contributed by atoms with Crippen molar-refractivity contribution in [2.75, 3.05) is 32.8 Å². The lowest BCUT2D eigenvalue weighted by Crippen LogP contribution is -2.48. The largest absolute Gasteiger partial charge is 0.486 e. The van der Waals surface area contributed by atoms with Gasteiger partial charge in [0.05, 0.1) is 11.6 Å². The van der Waals surface area contributed by atoms with Crippen molar-refractivity contribution in [3.05, 3.63) is 53.5 Å². The molecular formula is C27H31FN4O5. The summed E-state index contributed by atoms with van der Waals surface area (Å²) in [7, 11) is 0. The Morgan fingerprint density at radius 1 is 1.14 bits per heavy atom. The first-order valence-corrected chi connectivity index (χ1v) is 12.6. The van der Waals surface area contributed by atoms with Gasteiger partial charge in [-0.05, 0) is 63.5 Å². The van der Waals surface area contributed by atoms with Crippen LogP contribution in [-0.2, 0) is 4.79 Å². The zero-order valence-corrected chi connectivity index (χ0v) is 20.9. The highest BCUT2D eigenvalue weighted by molar-refractivity contribution is 6.43. The second kappa shape index (κ2) is 10.5. The molecular weight excluding hydrogens is 479 g/mol. The summed E-state index contributed by atoms with van der Waals surface area (Å²) in [6.07, 6.45) is 2.64. The Bertz CT molecular complexity index is 1320. The average Bonchev–Trinajstić information content (AvgIpc) is 3.57. The Morgan fingerprint density at radius 2 is 1.89 bits per heavy atom. The highest BCUT2D eigenvalue weighted by Gasteiger charge is 2.31. The number of nitrogens with zero attached hydrogens (tertiary/aromatic N) is 3. The minimum Gasteiger partial charge on any atom is -0.486 e. The number of aliphatic hydroxyl groups is 1. The number of likely N-dealkylation sites (tertiary alicyclic amines) is 1. The van der Waals surface area contributed by atoms with Crippen molar-refractivity contribution in [1.29, 1.82) is 0 Å². The van der Waals surface area contributed by atoms with E-state index in [-0.39, 0.29) is 41.9 Å². The maximum Gasteiger partial charge on any atom is 0.292 e. The second-order valence-electron chi connectivity index (χ2n) is 9.86. The number of amides is 1. The van der Waals surface area contributed by atoms with Crippen LogP contribution in [0.25, 0.3) is 10.9 Å². The maximum atomic E-state index is 14.7. The van der Waals surface area contributed by atoms with Gasteiger partial charge in [-0.2, -0.15) is 5.10 Å². The molecule has 2 aliphatic heterocycles. The molecule has 2 atom stereocenters. The molecule has 0 saturated carbocycles. The van der Waals surface area contributed by atoms with Gasteiger partial charge in [-0.1, -0.05) is 12.1 Å². The Hall–Kier alpha value is -3.50. The predicted molar refractivity (Wildman–Crippen MR) is 134 cm³/mol. The number of carbonyl (C=O) groups excluding carboxylic acids is 2. The molecule has 1 aromatic heterocycles. The molecule has 1 fully saturated rings. The molecule has 37 heavy (non-hydrogen) atoms. The summed E-state index contributed by atoms with van der Waals surface area (Å²) in [5, 5.41) is 19.3. The van der Waals surface area contributed by atoms with Gasteiger partial charge in [0.25, 0.3) is 5.91 Å². The number of ketones is 1. The van der Waals surface area contributed by atoms with Crippen LogP contribution in [0.3, 0.4) is 0 Å². The molecule has 0 aliphatic carbocycles. The highest BCUT2D eigenvalue weighted by Crippen LogP contribution is 2.36. The highest BCUT2D eigenvalue weighted by atomic mass is 19.1. The number of hydrogen-bond donors (Lipinski definition) is 2. The van der Waals surface area contributed by atoms with Crippen molar-refractivity contribution in [3.63, 3.8) is 0 Å². The fourth-order valence-corrected chi connectivity index (χ4v) is 4.81. The normalized spacial score (nSPS) is 17.2. The molecule has 2 N–H and O–H groups in total. The number of hydrogen-bond acceptors (Lipinski definition) is 7. The Morgan fingerprint density at radius 3 is 2.65 bits per heavy atom. The number of aliphatic hydroxyl groups excluding tert-OH is 1. The van der Waals surface area contributed by atoms with Gasteiger partial charge in [0.1, 0.15) is 19.3 Å².